The Hall–Kier alpha value is -1.95. The minimum atomic E-state index is -0.602. The van der Waals surface area contributed by atoms with Crippen molar-refractivity contribution in [2.75, 3.05) is 7.11 Å². The van der Waals surface area contributed by atoms with E-state index in [0.29, 0.717) is 10.2 Å². The van der Waals surface area contributed by atoms with E-state index in [4.69, 9.17) is 0 Å². The number of esters is 1. The highest BCUT2D eigenvalue weighted by Crippen LogP contribution is 2.17. The zero-order chi connectivity index (χ0) is 14.0. The normalized spacial score (nSPS) is 10.3. The van der Waals surface area contributed by atoms with Crippen LogP contribution >= 0.6 is 15.9 Å². The molecule has 2 rings (SSSR count). The lowest BCUT2D eigenvalue weighted by Gasteiger charge is -2.08. The van der Waals surface area contributed by atoms with Crippen molar-refractivity contribution in [3.63, 3.8) is 0 Å². The first-order valence-electron chi connectivity index (χ1n) is 5.29. The van der Waals surface area contributed by atoms with Crippen LogP contribution in [0.25, 0.3) is 5.69 Å². The van der Waals surface area contributed by atoms with Crippen LogP contribution in [0, 0.1) is 5.82 Å². The number of hydrogen-bond donors (Lipinski definition) is 0. The van der Waals surface area contributed by atoms with E-state index in [1.807, 2.05) is 0 Å². The number of nitrogens with zero attached hydrogens (tertiary/aromatic N) is 1. The maximum absolute atomic E-state index is 12.8. The molecule has 0 aliphatic heterocycles. The zero-order valence-corrected chi connectivity index (χ0v) is 11.5. The summed E-state index contributed by atoms with van der Waals surface area (Å²) in [4.78, 5) is 23.4. The first-order chi connectivity index (χ1) is 9.02. The second-order valence-electron chi connectivity index (χ2n) is 3.71. The first-order valence-corrected chi connectivity index (χ1v) is 6.08. The summed E-state index contributed by atoms with van der Waals surface area (Å²) in [5, 5.41) is 0. The molecule has 0 radical (unpaired) electrons. The summed E-state index contributed by atoms with van der Waals surface area (Å²) in [7, 11) is 1.24. The fraction of sp³-hybridized carbons (Fsp3) is 0.0769. The van der Waals surface area contributed by atoms with Crippen molar-refractivity contribution in [2.24, 2.45) is 0 Å². The third kappa shape index (κ3) is 2.73. The van der Waals surface area contributed by atoms with E-state index >= 15 is 0 Å². The highest BCUT2D eigenvalue weighted by molar-refractivity contribution is 9.10. The fourth-order valence-electron chi connectivity index (χ4n) is 1.58. The third-order valence-corrected chi connectivity index (χ3v) is 3.15. The summed E-state index contributed by atoms with van der Waals surface area (Å²) in [5.41, 5.74) is 0.240. The van der Waals surface area contributed by atoms with Gasteiger partial charge < -0.3 is 4.74 Å². The lowest BCUT2D eigenvalue weighted by molar-refractivity contribution is 0.0599. The molecule has 1 aromatic carbocycles. The quantitative estimate of drug-likeness (QED) is 0.797. The van der Waals surface area contributed by atoms with Crippen molar-refractivity contribution >= 4 is 21.9 Å². The Morgan fingerprint density at radius 3 is 2.53 bits per heavy atom. The van der Waals surface area contributed by atoms with Crippen LogP contribution < -0.4 is 5.56 Å². The van der Waals surface area contributed by atoms with E-state index in [1.54, 1.807) is 0 Å². The molecule has 0 fully saturated rings. The van der Waals surface area contributed by atoms with Gasteiger partial charge in [-0.3, -0.25) is 9.36 Å². The Morgan fingerprint density at radius 1 is 1.32 bits per heavy atom. The molecule has 0 unspecified atom stereocenters. The molecule has 0 saturated heterocycles. The third-order valence-electron chi connectivity index (χ3n) is 2.52. The number of hydrogen-bond acceptors (Lipinski definition) is 3. The van der Waals surface area contributed by atoms with Gasteiger partial charge in [0, 0.05) is 22.4 Å². The predicted octanol–water partition coefficient (Wildman–Crippen LogP) is 2.53. The van der Waals surface area contributed by atoms with Gasteiger partial charge in [0.1, 0.15) is 5.82 Å². The molecule has 1 heterocycles. The average molecular weight is 326 g/mol. The van der Waals surface area contributed by atoms with Gasteiger partial charge in [-0.05, 0) is 40.2 Å². The molecule has 0 atom stereocenters. The standard InChI is InChI=1S/C13H9BrFNO3/c1-19-13(18)10-6-12(17)16(7-11(10)14)9-4-2-8(15)3-5-9/h2-7H,1H3. The van der Waals surface area contributed by atoms with Crippen LogP contribution in [0.2, 0.25) is 0 Å². The van der Waals surface area contributed by atoms with Crippen molar-refractivity contribution in [1.29, 1.82) is 0 Å². The van der Waals surface area contributed by atoms with Gasteiger partial charge in [-0.15, -0.1) is 0 Å². The molecule has 98 valence electrons. The van der Waals surface area contributed by atoms with E-state index in [1.165, 1.54) is 48.2 Å². The number of methoxy groups -OCH3 is 1. The Kier molecular flexibility index (Phi) is 3.80. The van der Waals surface area contributed by atoms with Crippen molar-refractivity contribution in [3.05, 3.63) is 62.7 Å². The Morgan fingerprint density at radius 2 is 1.95 bits per heavy atom. The van der Waals surface area contributed by atoms with Gasteiger partial charge in [0.2, 0.25) is 0 Å². The Balaban J connectivity index is 2.55. The monoisotopic (exact) mass is 325 g/mol. The number of carbonyl (C=O) groups is 1. The summed E-state index contributed by atoms with van der Waals surface area (Å²) in [6, 6.07) is 6.62. The lowest BCUT2D eigenvalue weighted by Crippen LogP contribution is -2.20. The number of rotatable bonds is 2. The highest BCUT2D eigenvalue weighted by Gasteiger charge is 2.13. The second kappa shape index (κ2) is 5.36. The summed E-state index contributed by atoms with van der Waals surface area (Å²) >= 11 is 3.20. The zero-order valence-electron chi connectivity index (χ0n) is 9.89. The van der Waals surface area contributed by atoms with Crippen LogP contribution in [0.15, 0.2) is 45.8 Å². The topological polar surface area (TPSA) is 48.3 Å². The molecular formula is C13H9BrFNO3. The van der Waals surface area contributed by atoms with Crippen LogP contribution in [-0.2, 0) is 4.74 Å². The maximum atomic E-state index is 12.8. The van der Waals surface area contributed by atoms with Gasteiger partial charge in [-0.25, -0.2) is 9.18 Å². The van der Waals surface area contributed by atoms with Gasteiger partial charge in [0.25, 0.3) is 5.56 Å². The molecule has 4 nitrogen and oxygen atoms in total. The first kappa shape index (κ1) is 13.5. The van der Waals surface area contributed by atoms with E-state index in [2.05, 4.69) is 20.7 Å². The molecule has 19 heavy (non-hydrogen) atoms. The van der Waals surface area contributed by atoms with Crippen LogP contribution in [0.1, 0.15) is 10.4 Å². The molecule has 2 aromatic rings. The molecule has 0 spiro atoms. The maximum Gasteiger partial charge on any atom is 0.339 e. The van der Waals surface area contributed by atoms with Crippen molar-refractivity contribution in [1.82, 2.24) is 4.57 Å². The van der Waals surface area contributed by atoms with Gasteiger partial charge in [0.05, 0.1) is 12.7 Å². The van der Waals surface area contributed by atoms with Gasteiger partial charge in [-0.1, -0.05) is 0 Å². The van der Waals surface area contributed by atoms with Crippen LogP contribution in [-0.4, -0.2) is 17.6 Å². The molecule has 0 aliphatic rings. The number of aromatic nitrogens is 1. The molecule has 0 amide bonds. The van der Waals surface area contributed by atoms with Crippen LogP contribution in [0.5, 0.6) is 0 Å². The minimum absolute atomic E-state index is 0.144. The smallest absolute Gasteiger partial charge is 0.339 e. The molecule has 0 aliphatic carbocycles. The fourth-order valence-corrected chi connectivity index (χ4v) is 2.06. The summed E-state index contributed by atoms with van der Waals surface area (Å²) < 4.78 is 19.1. The Bertz CT molecular complexity index is 679. The largest absolute Gasteiger partial charge is 0.465 e. The molecule has 0 bridgehead atoms. The van der Waals surface area contributed by atoms with Gasteiger partial charge in [-0.2, -0.15) is 0 Å². The molecule has 6 heteroatoms. The van der Waals surface area contributed by atoms with Gasteiger partial charge >= 0.3 is 5.97 Å². The van der Waals surface area contributed by atoms with E-state index in [-0.39, 0.29) is 11.4 Å². The molecule has 1 aromatic heterocycles. The Labute approximate surface area is 116 Å². The van der Waals surface area contributed by atoms with Crippen LogP contribution in [0.4, 0.5) is 4.39 Å². The van der Waals surface area contributed by atoms with E-state index < -0.39 is 11.5 Å². The minimum Gasteiger partial charge on any atom is -0.465 e. The van der Waals surface area contributed by atoms with Crippen molar-refractivity contribution < 1.29 is 13.9 Å². The van der Waals surface area contributed by atoms with E-state index in [0.717, 1.165) is 0 Å². The SMILES string of the molecule is COC(=O)c1cc(=O)n(-c2ccc(F)cc2)cc1Br. The number of carbonyl (C=O) groups excluding carboxylic acids is 1. The van der Waals surface area contributed by atoms with Crippen molar-refractivity contribution in [2.45, 2.75) is 0 Å². The molecule has 0 saturated carbocycles. The lowest BCUT2D eigenvalue weighted by atomic mass is 10.2. The average Bonchev–Trinajstić information content (AvgIpc) is 2.41. The second-order valence-corrected chi connectivity index (χ2v) is 4.57. The summed E-state index contributed by atoms with van der Waals surface area (Å²) in [6.07, 6.45) is 1.45. The summed E-state index contributed by atoms with van der Waals surface area (Å²) in [6.45, 7) is 0. The predicted molar refractivity (Wildman–Crippen MR) is 71.0 cm³/mol. The molecule has 0 N–H and O–H groups in total. The van der Waals surface area contributed by atoms with Crippen LogP contribution in [0.3, 0.4) is 0 Å². The number of ether oxygens (including phenoxy) is 1. The number of halogens is 2. The number of benzene rings is 1. The van der Waals surface area contributed by atoms with Crippen molar-refractivity contribution in [3.8, 4) is 5.69 Å². The number of pyridine rings is 1. The molecular weight excluding hydrogens is 317 g/mol. The van der Waals surface area contributed by atoms with E-state index in [9.17, 15) is 14.0 Å². The highest BCUT2D eigenvalue weighted by atomic mass is 79.9. The van der Waals surface area contributed by atoms with Gasteiger partial charge in [0.15, 0.2) is 0 Å². The summed E-state index contributed by atoms with van der Waals surface area (Å²) in [5.74, 6) is -0.989.